The summed E-state index contributed by atoms with van der Waals surface area (Å²) in [5, 5.41) is 7.78. The summed E-state index contributed by atoms with van der Waals surface area (Å²) in [6.45, 7) is 2.54. The highest BCUT2D eigenvalue weighted by molar-refractivity contribution is 5.74. The van der Waals surface area contributed by atoms with Gasteiger partial charge in [0.05, 0.1) is 32.2 Å². The topological polar surface area (TPSA) is 68.6 Å². The van der Waals surface area contributed by atoms with Gasteiger partial charge in [-0.3, -0.25) is 4.68 Å². The van der Waals surface area contributed by atoms with E-state index < -0.39 is 0 Å². The molecule has 0 atom stereocenters. The number of aryl methyl sites for hydroxylation is 1. The molecule has 0 saturated heterocycles. The molecule has 1 aliphatic heterocycles. The fraction of sp³-hybridized carbons (Fsp3) is 0.304. The Morgan fingerprint density at radius 2 is 1.83 bits per heavy atom. The van der Waals surface area contributed by atoms with Crippen molar-refractivity contribution in [2.24, 2.45) is 0 Å². The second kappa shape index (κ2) is 8.90. The van der Waals surface area contributed by atoms with Crippen LogP contribution in [0.1, 0.15) is 17.7 Å². The van der Waals surface area contributed by atoms with E-state index in [1.807, 2.05) is 64.2 Å². The number of rotatable bonds is 5. The average molecular weight is 406 g/mol. The number of carbonyl (C=O) groups is 1. The molecule has 30 heavy (non-hydrogen) atoms. The molecule has 2 amide bonds. The van der Waals surface area contributed by atoms with E-state index in [-0.39, 0.29) is 6.03 Å². The number of nitrogens with zero attached hydrogens (tertiary/aromatic N) is 3. The quantitative estimate of drug-likeness (QED) is 0.702. The largest absolute Gasteiger partial charge is 0.493 e. The third-order valence-corrected chi connectivity index (χ3v) is 5.27. The van der Waals surface area contributed by atoms with Gasteiger partial charge in [-0.05, 0) is 36.2 Å². The van der Waals surface area contributed by atoms with Gasteiger partial charge in [0.15, 0.2) is 11.5 Å². The van der Waals surface area contributed by atoms with E-state index in [0.29, 0.717) is 31.1 Å². The number of nitrogens with one attached hydrogen (secondary N) is 1. The second-order valence-electron chi connectivity index (χ2n) is 7.23. The van der Waals surface area contributed by atoms with Crippen molar-refractivity contribution in [1.82, 2.24) is 20.0 Å². The minimum atomic E-state index is -0.0545. The standard InChI is InChI=1S/C23H26N4O3/c1-29-21-10-9-18(13-22(21)30-2)20-14-19-16-26(11-6-12-27(19)25-20)23(28)24-15-17-7-4-3-5-8-17/h3-5,7-10,13-14H,6,11-12,15-16H2,1-2H3,(H,24,28). The molecule has 1 aliphatic rings. The molecule has 0 bridgehead atoms. The number of aromatic nitrogens is 2. The zero-order valence-corrected chi connectivity index (χ0v) is 17.3. The number of carbonyl (C=O) groups excluding carboxylic acids is 1. The summed E-state index contributed by atoms with van der Waals surface area (Å²) in [7, 11) is 3.24. The second-order valence-corrected chi connectivity index (χ2v) is 7.23. The predicted octanol–water partition coefficient (Wildman–Crippen LogP) is 3.68. The van der Waals surface area contributed by atoms with Gasteiger partial charge in [0, 0.05) is 25.2 Å². The van der Waals surface area contributed by atoms with Crippen LogP contribution in [0, 0.1) is 0 Å². The number of hydrogen-bond donors (Lipinski definition) is 1. The van der Waals surface area contributed by atoms with Gasteiger partial charge in [-0.25, -0.2) is 4.79 Å². The van der Waals surface area contributed by atoms with Gasteiger partial charge in [-0.15, -0.1) is 0 Å². The zero-order chi connectivity index (χ0) is 20.9. The van der Waals surface area contributed by atoms with Crippen molar-refractivity contribution < 1.29 is 14.3 Å². The zero-order valence-electron chi connectivity index (χ0n) is 17.3. The van der Waals surface area contributed by atoms with E-state index in [1.54, 1.807) is 14.2 Å². The molecule has 0 aliphatic carbocycles. The van der Waals surface area contributed by atoms with Gasteiger partial charge in [0.25, 0.3) is 0 Å². The molecule has 4 rings (SSSR count). The number of ether oxygens (including phenoxy) is 2. The van der Waals surface area contributed by atoms with Gasteiger partial charge in [0.2, 0.25) is 0 Å². The van der Waals surface area contributed by atoms with Crippen LogP contribution < -0.4 is 14.8 Å². The van der Waals surface area contributed by atoms with Crippen molar-refractivity contribution in [2.75, 3.05) is 20.8 Å². The van der Waals surface area contributed by atoms with Gasteiger partial charge < -0.3 is 19.7 Å². The molecule has 2 heterocycles. The lowest BCUT2D eigenvalue weighted by Crippen LogP contribution is -2.39. The summed E-state index contributed by atoms with van der Waals surface area (Å²) in [5.41, 5.74) is 3.92. The summed E-state index contributed by atoms with van der Waals surface area (Å²) in [6.07, 6.45) is 0.860. The van der Waals surface area contributed by atoms with Crippen molar-refractivity contribution in [2.45, 2.75) is 26.1 Å². The molecule has 7 heteroatoms. The Bertz CT molecular complexity index is 1020. The van der Waals surface area contributed by atoms with Crippen LogP contribution in [-0.2, 0) is 19.6 Å². The summed E-state index contributed by atoms with van der Waals surface area (Å²) in [5.74, 6) is 1.35. The van der Waals surface area contributed by atoms with E-state index >= 15 is 0 Å². The van der Waals surface area contributed by atoms with Crippen molar-refractivity contribution in [3.8, 4) is 22.8 Å². The maximum Gasteiger partial charge on any atom is 0.318 e. The van der Waals surface area contributed by atoms with E-state index in [4.69, 9.17) is 14.6 Å². The number of hydrogen-bond acceptors (Lipinski definition) is 4. The van der Waals surface area contributed by atoms with E-state index in [0.717, 1.165) is 35.5 Å². The number of benzene rings is 2. The molecular weight excluding hydrogens is 380 g/mol. The lowest BCUT2D eigenvalue weighted by Gasteiger charge is -2.20. The van der Waals surface area contributed by atoms with Gasteiger partial charge in [-0.1, -0.05) is 30.3 Å². The van der Waals surface area contributed by atoms with Crippen LogP contribution in [0.4, 0.5) is 4.79 Å². The summed E-state index contributed by atoms with van der Waals surface area (Å²) < 4.78 is 12.7. The fourth-order valence-electron chi connectivity index (χ4n) is 3.66. The van der Waals surface area contributed by atoms with Crippen LogP contribution in [-0.4, -0.2) is 41.5 Å². The third kappa shape index (κ3) is 4.25. The van der Waals surface area contributed by atoms with Crippen molar-refractivity contribution >= 4 is 6.03 Å². The highest BCUT2D eigenvalue weighted by atomic mass is 16.5. The molecule has 3 aromatic rings. The SMILES string of the molecule is COc1ccc(-c2cc3n(n2)CCCN(C(=O)NCc2ccccc2)C3)cc1OC. The maximum absolute atomic E-state index is 12.7. The lowest BCUT2D eigenvalue weighted by atomic mass is 10.1. The molecule has 1 N–H and O–H groups in total. The average Bonchev–Trinajstić information content (AvgIpc) is 3.08. The van der Waals surface area contributed by atoms with Crippen LogP contribution in [0.25, 0.3) is 11.3 Å². The van der Waals surface area contributed by atoms with Gasteiger partial charge in [-0.2, -0.15) is 5.10 Å². The first-order valence-corrected chi connectivity index (χ1v) is 10.0. The van der Waals surface area contributed by atoms with Crippen LogP contribution in [0.3, 0.4) is 0 Å². The Balaban J connectivity index is 1.48. The molecule has 0 radical (unpaired) electrons. The molecule has 0 spiro atoms. The predicted molar refractivity (Wildman–Crippen MR) is 114 cm³/mol. The monoisotopic (exact) mass is 406 g/mol. The van der Waals surface area contributed by atoms with Crippen LogP contribution in [0.5, 0.6) is 11.5 Å². The molecule has 0 saturated carbocycles. The summed E-state index contributed by atoms with van der Waals surface area (Å²) in [6, 6.07) is 17.7. The highest BCUT2D eigenvalue weighted by Crippen LogP contribution is 2.32. The van der Waals surface area contributed by atoms with Crippen molar-refractivity contribution in [3.63, 3.8) is 0 Å². The number of methoxy groups -OCH3 is 2. The lowest BCUT2D eigenvalue weighted by molar-refractivity contribution is 0.195. The van der Waals surface area contributed by atoms with Gasteiger partial charge >= 0.3 is 6.03 Å². The van der Waals surface area contributed by atoms with Crippen molar-refractivity contribution in [3.05, 3.63) is 65.9 Å². The Hall–Kier alpha value is -3.48. The molecule has 7 nitrogen and oxygen atoms in total. The number of fused-ring (bicyclic) bond motifs is 1. The summed E-state index contributed by atoms with van der Waals surface area (Å²) in [4.78, 5) is 14.6. The number of amides is 2. The van der Waals surface area contributed by atoms with E-state index in [9.17, 15) is 4.79 Å². The Morgan fingerprint density at radius 1 is 1.03 bits per heavy atom. The van der Waals surface area contributed by atoms with Gasteiger partial charge in [0.1, 0.15) is 0 Å². The van der Waals surface area contributed by atoms with E-state index in [1.165, 1.54) is 0 Å². The Kier molecular flexibility index (Phi) is 5.88. The molecule has 0 fully saturated rings. The van der Waals surface area contributed by atoms with Crippen molar-refractivity contribution in [1.29, 1.82) is 0 Å². The van der Waals surface area contributed by atoms with Crippen LogP contribution >= 0.6 is 0 Å². The summed E-state index contributed by atoms with van der Waals surface area (Å²) >= 11 is 0. The minimum absolute atomic E-state index is 0.0545. The first-order valence-electron chi connectivity index (χ1n) is 10.0. The maximum atomic E-state index is 12.7. The van der Waals surface area contributed by atoms with Crippen LogP contribution in [0.2, 0.25) is 0 Å². The smallest absolute Gasteiger partial charge is 0.318 e. The highest BCUT2D eigenvalue weighted by Gasteiger charge is 2.21. The number of urea groups is 1. The van der Waals surface area contributed by atoms with Crippen LogP contribution in [0.15, 0.2) is 54.6 Å². The third-order valence-electron chi connectivity index (χ3n) is 5.27. The van der Waals surface area contributed by atoms with E-state index in [2.05, 4.69) is 5.32 Å². The molecule has 156 valence electrons. The first kappa shape index (κ1) is 19.8. The first-order chi connectivity index (χ1) is 14.7. The fourth-order valence-corrected chi connectivity index (χ4v) is 3.66. The Morgan fingerprint density at radius 3 is 2.60 bits per heavy atom. The molecule has 2 aromatic carbocycles. The molecule has 1 aromatic heterocycles. The Labute approximate surface area is 176 Å². The minimum Gasteiger partial charge on any atom is -0.493 e. The normalized spacial score (nSPS) is 13.3. The molecular formula is C23H26N4O3. The molecule has 0 unspecified atom stereocenters.